The molecule has 77 heavy (non-hydrogen) atoms. The molecule has 0 aromatic rings. The van der Waals surface area contributed by atoms with Gasteiger partial charge < -0.3 is 89.9 Å². The van der Waals surface area contributed by atoms with Gasteiger partial charge in [-0.2, -0.15) is 0 Å². The largest absolute Gasteiger partial charge is 0.394 e. The Morgan fingerprint density at radius 1 is 0.468 bits per heavy atom. The van der Waals surface area contributed by atoms with Gasteiger partial charge in [-0.05, 0) is 51.4 Å². The Balaban J connectivity index is 1.52. The Morgan fingerprint density at radius 2 is 0.857 bits per heavy atom. The van der Waals surface area contributed by atoms with E-state index in [1.165, 1.54) is 96.3 Å². The van der Waals surface area contributed by atoms with Crippen molar-refractivity contribution < 1.29 is 89.4 Å². The van der Waals surface area contributed by atoms with Gasteiger partial charge in [-0.25, -0.2) is 0 Å². The van der Waals surface area contributed by atoms with E-state index in [1.54, 1.807) is 6.08 Å². The summed E-state index contributed by atoms with van der Waals surface area (Å²) in [5.74, 6) is -0.290. The molecular formula is C58H105NO18. The Bertz CT molecular complexity index is 1550. The molecule has 19 nitrogen and oxygen atoms in total. The van der Waals surface area contributed by atoms with Crippen molar-refractivity contribution in [2.75, 3.05) is 26.4 Å². The highest BCUT2D eigenvalue weighted by Crippen LogP contribution is 2.33. The summed E-state index contributed by atoms with van der Waals surface area (Å²) in [6, 6.07) is -0.979. The molecule has 19 heteroatoms. The fraction of sp³-hybridized carbons (Fsp3) is 0.879. The SMILES string of the molecule is CCCCCC/C=C\C/C=C\CCCCCCCC(=O)NC(COC1OC(CO)C(OC2OC(CO)C(OC3OC(CO)C(O)C(O)C3O)C(O)C2O)C(O)C1O)C(O)/C=C/CCCCCCCCCCCCCCCC. The lowest BCUT2D eigenvalue weighted by Crippen LogP contribution is -2.66. The zero-order valence-corrected chi connectivity index (χ0v) is 46.7. The van der Waals surface area contributed by atoms with E-state index in [4.69, 9.17) is 28.4 Å². The van der Waals surface area contributed by atoms with E-state index in [9.17, 15) is 61.0 Å². The Labute approximate surface area is 460 Å². The highest BCUT2D eigenvalue weighted by Gasteiger charge is 2.53. The summed E-state index contributed by atoms with van der Waals surface area (Å²) in [7, 11) is 0. The van der Waals surface area contributed by atoms with Gasteiger partial charge in [0.05, 0.1) is 38.6 Å². The van der Waals surface area contributed by atoms with Gasteiger partial charge >= 0.3 is 0 Å². The van der Waals surface area contributed by atoms with Crippen LogP contribution >= 0.6 is 0 Å². The van der Waals surface area contributed by atoms with Crippen LogP contribution < -0.4 is 5.32 Å². The van der Waals surface area contributed by atoms with Gasteiger partial charge in [0, 0.05) is 6.42 Å². The van der Waals surface area contributed by atoms with Gasteiger partial charge in [-0.15, -0.1) is 0 Å². The lowest BCUT2D eigenvalue weighted by Gasteiger charge is -2.48. The molecule has 3 rings (SSSR count). The van der Waals surface area contributed by atoms with Crippen molar-refractivity contribution in [1.29, 1.82) is 0 Å². The van der Waals surface area contributed by atoms with E-state index in [-0.39, 0.29) is 18.9 Å². The molecule has 3 saturated heterocycles. The predicted octanol–water partition coefficient (Wildman–Crippen LogP) is 4.93. The van der Waals surface area contributed by atoms with Crippen molar-refractivity contribution in [3.63, 3.8) is 0 Å². The smallest absolute Gasteiger partial charge is 0.220 e. The van der Waals surface area contributed by atoms with E-state index in [1.807, 2.05) is 6.08 Å². The first kappa shape index (κ1) is 69.3. The summed E-state index contributed by atoms with van der Waals surface area (Å²) in [5.41, 5.74) is 0. The Hall–Kier alpha value is -1.99. The molecule has 3 fully saturated rings. The second-order valence-corrected chi connectivity index (χ2v) is 21.5. The number of allylic oxidation sites excluding steroid dienone is 5. The third-order valence-electron chi connectivity index (χ3n) is 14.9. The zero-order chi connectivity index (χ0) is 56.2. The first-order valence-electron chi connectivity index (χ1n) is 29.7. The number of hydrogen-bond donors (Lipinski definition) is 12. The fourth-order valence-corrected chi connectivity index (χ4v) is 9.98. The number of carbonyl (C=O) groups excluding carboxylic acids is 1. The molecule has 3 heterocycles. The fourth-order valence-electron chi connectivity index (χ4n) is 9.98. The molecule has 1 amide bonds. The second-order valence-electron chi connectivity index (χ2n) is 21.5. The number of ether oxygens (including phenoxy) is 6. The number of carbonyl (C=O) groups is 1. The summed E-state index contributed by atoms with van der Waals surface area (Å²) in [6.45, 7) is 1.68. The van der Waals surface area contributed by atoms with Crippen LogP contribution in [0.5, 0.6) is 0 Å². The van der Waals surface area contributed by atoms with E-state index in [2.05, 4.69) is 43.5 Å². The van der Waals surface area contributed by atoms with Crippen LogP contribution in [0.1, 0.15) is 194 Å². The number of aliphatic hydroxyl groups is 11. The number of amides is 1. The highest BCUT2D eigenvalue weighted by molar-refractivity contribution is 5.76. The van der Waals surface area contributed by atoms with Crippen molar-refractivity contribution in [1.82, 2.24) is 5.32 Å². The molecule has 0 aliphatic carbocycles. The minimum Gasteiger partial charge on any atom is -0.394 e. The van der Waals surface area contributed by atoms with E-state index >= 15 is 0 Å². The lowest BCUT2D eigenvalue weighted by molar-refractivity contribution is -0.379. The van der Waals surface area contributed by atoms with Gasteiger partial charge in [0.2, 0.25) is 5.91 Å². The standard InChI is InChI=1S/C58H105NO18/c1-3-5-7-9-11-13-15-17-19-21-23-25-27-29-31-33-35-42(63)41(59-46(64)36-34-32-30-28-26-24-22-20-18-16-14-12-10-8-6-4-2)40-72-56-52(70)49(67)54(44(38-61)74-56)77-58-53(71)50(68)55(45(39-62)75-58)76-57-51(69)48(66)47(65)43(37-60)73-57/h14,16,20,22,33,35,41-45,47-58,60-63,65-71H,3-13,15,17-19,21,23-32,34,36-40H2,1-2H3,(H,59,64)/b16-14-,22-20-,35-33+. The monoisotopic (exact) mass is 1100 g/mol. The summed E-state index contributed by atoms with van der Waals surface area (Å²) < 4.78 is 34.2. The van der Waals surface area contributed by atoms with Crippen LogP contribution in [0.15, 0.2) is 36.5 Å². The van der Waals surface area contributed by atoms with Crippen LogP contribution in [-0.2, 0) is 33.2 Å². The van der Waals surface area contributed by atoms with Gasteiger partial charge in [0.1, 0.15) is 73.2 Å². The quantitative estimate of drug-likeness (QED) is 0.0285. The van der Waals surface area contributed by atoms with Crippen LogP contribution in [0.25, 0.3) is 0 Å². The van der Waals surface area contributed by atoms with Crippen LogP contribution in [0.3, 0.4) is 0 Å². The van der Waals surface area contributed by atoms with Crippen LogP contribution in [0, 0.1) is 0 Å². The van der Waals surface area contributed by atoms with E-state index in [0.717, 1.165) is 70.6 Å². The summed E-state index contributed by atoms with van der Waals surface area (Å²) in [5, 5.41) is 120. The Morgan fingerprint density at radius 3 is 1.34 bits per heavy atom. The number of nitrogens with one attached hydrogen (secondary N) is 1. The predicted molar refractivity (Wildman–Crippen MR) is 291 cm³/mol. The van der Waals surface area contributed by atoms with Crippen molar-refractivity contribution in [2.45, 2.75) is 298 Å². The molecule has 12 N–H and O–H groups in total. The molecule has 0 spiro atoms. The molecule has 0 saturated carbocycles. The molecule has 450 valence electrons. The van der Waals surface area contributed by atoms with Gasteiger partial charge in [0.25, 0.3) is 0 Å². The number of unbranched alkanes of at least 4 members (excludes halogenated alkanes) is 23. The molecule has 17 atom stereocenters. The van der Waals surface area contributed by atoms with Gasteiger partial charge in [-0.1, -0.05) is 172 Å². The van der Waals surface area contributed by atoms with E-state index in [0.29, 0.717) is 6.42 Å². The van der Waals surface area contributed by atoms with Crippen molar-refractivity contribution >= 4 is 5.91 Å². The first-order chi connectivity index (χ1) is 37.3. The van der Waals surface area contributed by atoms with Gasteiger partial charge in [-0.3, -0.25) is 4.79 Å². The Kier molecular flexibility index (Phi) is 37.7. The maximum Gasteiger partial charge on any atom is 0.220 e. The molecule has 0 radical (unpaired) electrons. The van der Waals surface area contributed by atoms with Crippen LogP contribution in [0.2, 0.25) is 0 Å². The summed E-state index contributed by atoms with van der Waals surface area (Å²) >= 11 is 0. The average Bonchev–Trinajstić information content (AvgIpc) is 3.44. The van der Waals surface area contributed by atoms with Crippen molar-refractivity contribution in [3.8, 4) is 0 Å². The average molecular weight is 1100 g/mol. The minimum atomic E-state index is -1.98. The normalized spacial score (nSPS) is 30.9. The highest BCUT2D eigenvalue weighted by atomic mass is 16.8. The third kappa shape index (κ3) is 26.2. The van der Waals surface area contributed by atoms with Crippen LogP contribution in [0.4, 0.5) is 0 Å². The van der Waals surface area contributed by atoms with E-state index < -0.39 is 124 Å². The maximum atomic E-state index is 13.3. The molecular weight excluding hydrogens is 999 g/mol. The third-order valence-corrected chi connectivity index (χ3v) is 14.9. The second kappa shape index (κ2) is 41.9. The van der Waals surface area contributed by atoms with Crippen LogP contribution in [-0.4, -0.2) is 193 Å². The first-order valence-corrected chi connectivity index (χ1v) is 29.7. The zero-order valence-electron chi connectivity index (χ0n) is 46.7. The number of hydrogen-bond acceptors (Lipinski definition) is 18. The maximum absolute atomic E-state index is 13.3. The molecule has 0 aromatic heterocycles. The number of rotatable bonds is 43. The minimum absolute atomic E-state index is 0.227. The summed E-state index contributed by atoms with van der Waals surface area (Å²) in [6.07, 6.45) is 16.9. The molecule has 3 aliphatic rings. The van der Waals surface area contributed by atoms with Gasteiger partial charge in [0.15, 0.2) is 18.9 Å². The molecule has 17 unspecified atom stereocenters. The molecule has 0 aromatic carbocycles. The molecule has 0 bridgehead atoms. The molecule has 3 aliphatic heterocycles. The lowest BCUT2D eigenvalue weighted by atomic mass is 9.96. The topological polar surface area (TPSA) is 307 Å². The van der Waals surface area contributed by atoms with Crippen molar-refractivity contribution in [3.05, 3.63) is 36.5 Å². The number of aliphatic hydroxyl groups excluding tert-OH is 11. The summed E-state index contributed by atoms with van der Waals surface area (Å²) in [4.78, 5) is 13.3. The van der Waals surface area contributed by atoms with Crippen molar-refractivity contribution in [2.24, 2.45) is 0 Å².